The Morgan fingerprint density at radius 2 is 2.50 bits per heavy atom. The number of nitrogens with zero attached hydrogens (tertiary/aromatic N) is 3. The minimum Gasteiger partial charge on any atom is -0.326 e. The predicted octanol–water partition coefficient (Wildman–Crippen LogP) is 3.48. The summed E-state index contributed by atoms with van der Waals surface area (Å²) >= 11 is 8.30. The van der Waals surface area contributed by atoms with Crippen LogP contribution in [0.1, 0.15) is 24.5 Å². The van der Waals surface area contributed by atoms with Crippen molar-refractivity contribution < 1.29 is 0 Å². The lowest BCUT2D eigenvalue weighted by atomic mass is 10.1. The number of pyridine rings is 1. The zero-order chi connectivity index (χ0) is 12.5. The summed E-state index contributed by atoms with van der Waals surface area (Å²) in [5.74, 6) is 4.25. The predicted molar refractivity (Wildman–Crippen MR) is 77.2 cm³/mol. The second-order valence-electron chi connectivity index (χ2n) is 4.79. The molecule has 1 fully saturated rings. The van der Waals surface area contributed by atoms with Gasteiger partial charge in [0.15, 0.2) is 0 Å². The topological polar surface area (TPSA) is 30.7 Å². The van der Waals surface area contributed by atoms with Crippen molar-refractivity contribution in [2.75, 3.05) is 11.5 Å². The summed E-state index contributed by atoms with van der Waals surface area (Å²) in [6.45, 7) is 3.01. The van der Waals surface area contributed by atoms with Crippen molar-refractivity contribution in [1.29, 1.82) is 0 Å². The molecule has 2 aromatic rings. The van der Waals surface area contributed by atoms with E-state index in [9.17, 15) is 0 Å². The number of rotatable bonds is 3. The average Bonchev–Trinajstić information content (AvgIpc) is 2.98. The highest BCUT2D eigenvalue weighted by Crippen LogP contribution is 2.29. The number of imidazole rings is 1. The van der Waals surface area contributed by atoms with E-state index in [1.54, 1.807) is 0 Å². The molecule has 3 heterocycles. The summed E-state index contributed by atoms with van der Waals surface area (Å²) in [6, 6.07) is 2.03. The molecule has 0 aromatic carbocycles. The van der Waals surface area contributed by atoms with Crippen molar-refractivity contribution in [1.82, 2.24) is 14.5 Å². The number of hydrogen-bond donors (Lipinski definition) is 0. The molecule has 3 nitrogen and oxygen atoms in total. The Morgan fingerprint density at radius 1 is 1.61 bits per heavy atom. The summed E-state index contributed by atoms with van der Waals surface area (Å²) in [5.41, 5.74) is 2.11. The van der Waals surface area contributed by atoms with Crippen molar-refractivity contribution in [3.63, 3.8) is 0 Å². The van der Waals surface area contributed by atoms with E-state index in [2.05, 4.69) is 14.5 Å². The maximum Gasteiger partial charge on any atom is 0.127 e. The van der Waals surface area contributed by atoms with Crippen LogP contribution in [0.15, 0.2) is 18.5 Å². The normalized spacial score (nSPS) is 21.6. The zero-order valence-corrected chi connectivity index (χ0v) is 11.9. The Hall–Kier alpha value is -0.740. The van der Waals surface area contributed by atoms with Crippen molar-refractivity contribution in [2.24, 2.45) is 5.92 Å². The van der Waals surface area contributed by atoms with Gasteiger partial charge in [-0.1, -0.05) is 0 Å². The molecule has 0 amide bonds. The summed E-state index contributed by atoms with van der Waals surface area (Å²) < 4.78 is 2.28. The fourth-order valence-corrected chi connectivity index (χ4v) is 3.92. The van der Waals surface area contributed by atoms with E-state index >= 15 is 0 Å². The third kappa shape index (κ3) is 2.24. The Balaban J connectivity index is 2.03. The second-order valence-corrected chi connectivity index (χ2v) is 6.60. The van der Waals surface area contributed by atoms with E-state index in [0.717, 1.165) is 29.3 Å². The molecule has 0 saturated carbocycles. The molecule has 3 rings (SSSR count). The zero-order valence-electron chi connectivity index (χ0n) is 10.3. The molecular formula is C13H16ClN3S. The quantitative estimate of drug-likeness (QED) is 0.807. The third-order valence-electron chi connectivity index (χ3n) is 3.40. The van der Waals surface area contributed by atoms with E-state index in [4.69, 9.17) is 11.6 Å². The number of thioether (sulfide) groups is 1. The fourth-order valence-electron chi connectivity index (χ4n) is 2.48. The molecule has 0 N–H and O–H groups in total. The third-order valence-corrected chi connectivity index (χ3v) is 4.83. The van der Waals surface area contributed by atoms with Crippen LogP contribution in [0, 0.1) is 5.92 Å². The van der Waals surface area contributed by atoms with Crippen LogP contribution in [0.25, 0.3) is 11.0 Å². The molecule has 2 unspecified atom stereocenters. The number of halogens is 1. The first kappa shape index (κ1) is 12.3. The highest BCUT2D eigenvalue weighted by molar-refractivity contribution is 7.99. The molecule has 96 valence electrons. The van der Waals surface area contributed by atoms with Crippen LogP contribution in [0.4, 0.5) is 0 Å². The van der Waals surface area contributed by atoms with Crippen LogP contribution in [0.5, 0.6) is 0 Å². The molecule has 1 aliphatic heterocycles. The largest absolute Gasteiger partial charge is 0.326 e. The van der Waals surface area contributed by atoms with Crippen molar-refractivity contribution >= 4 is 34.4 Å². The smallest absolute Gasteiger partial charge is 0.127 e. The van der Waals surface area contributed by atoms with E-state index in [0.29, 0.717) is 0 Å². The maximum absolute atomic E-state index is 6.26. The van der Waals surface area contributed by atoms with Gasteiger partial charge in [0.1, 0.15) is 11.3 Å². The van der Waals surface area contributed by atoms with E-state index in [-0.39, 0.29) is 5.38 Å². The molecule has 5 heteroatoms. The Bertz CT molecular complexity index is 546. The molecule has 0 bridgehead atoms. The van der Waals surface area contributed by atoms with Gasteiger partial charge in [-0.25, -0.2) is 4.98 Å². The van der Waals surface area contributed by atoms with E-state index < -0.39 is 0 Å². The fraction of sp³-hybridized carbons (Fsp3) is 0.538. The summed E-state index contributed by atoms with van der Waals surface area (Å²) in [6.07, 6.45) is 4.94. The molecule has 2 atom stereocenters. The SMILES string of the molecule is CC(Cl)c1nc2cnccc2n1CC1CCSC1. The van der Waals surface area contributed by atoms with Gasteiger partial charge in [-0.05, 0) is 36.8 Å². The van der Waals surface area contributed by atoms with E-state index in [1.807, 2.05) is 37.1 Å². The Labute approximate surface area is 116 Å². The van der Waals surface area contributed by atoms with Crippen molar-refractivity contribution in [3.05, 3.63) is 24.3 Å². The van der Waals surface area contributed by atoms with Crippen molar-refractivity contribution in [2.45, 2.75) is 25.3 Å². The van der Waals surface area contributed by atoms with Gasteiger partial charge in [0.2, 0.25) is 0 Å². The molecule has 1 aliphatic rings. The van der Waals surface area contributed by atoms with Crippen molar-refractivity contribution in [3.8, 4) is 0 Å². The lowest BCUT2D eigenvalue weighted by Gasteiger charge is -2.14. The van der Waals surface area contributed by atoms with Gasteiger partial charge >= 0.3 is 0 Å². The van der Waals surface area contributed by atoms with Crippen LogP contribution in [-0.2, 0) is 6.54 Å². The number of aromatic nitrogens is 3. The van der Waals surface area contributed by atoms with Gasteiger partial charge in [-0.3, -0.25) is 4.98 Å². The van der Waals surface area contributed by atoms with Crippen LogP contribution in [0.3, 0.4) is 0 Å². The summed E-state index contributed by atoms with van der Waals surface area (Å²) in [7, 11) is 0. The minimum absolute atomic E-state index is 0.0635. The first-order chi connectivity index (χ1) is 8.75. The van der Waals surface area contributed by atoms with Crippen LogP contribution < -0.4 is 0 Å². The van der Waals surface area contributed by atoms with Crippen LogP contribution >= 0.6 is 23.4 Å². The first-order valence-corrected chi connectivity index (χ1v) is 7.87. The standard InChI is InChI=1S/C13H16ClN3S/c1-9(14)13-16-11-6-15-4-2-12(11)17(13)7-10-3-5-18-8-10/h2,4,6,9-10H,3,5,7-8H2,1H3. The monoisotopic (exact) mass is 281 g/mol. The van der Waals surface area contributed by atoms with Gasteiger partial charge < -0.3 is 4.57 Å². The highest BCUT2D eigenvalue weighted by Gasteiger charge is 2.21. The van der Waals surface area contributed by atoms with Gasteiger partial charge in [0.25, 0.3) is 0 Å². The lowest BCUT2D eigenvalue weighted by molar-refractivity contribution is 0.488. The second kappa shape index (κ2) is 5.10. The molecular weight excluding hydrogens is 266 g/mol. The van der Waals surface area contributed by atoms with Gasteiger partial charge in [0.05, 0.1) is 17.1 Å². The molecule has 18 heavy (non-hydrogen) atoms. The molecule has 0 aliphatic carbocycles. The maximum atomic E-state index is 6.26. The Morgan fingerprint density at radius 3 is 3.22 bits per heavy atom. The first-order valence-electron chi connectivity index (χ1n) is 6.27. The molecule has 2 aromatic heterocycles. The average molecular weight is 282 g/mol. The van der Waals surface area contributed by atoms with Gasteiger partial charge in [-0.15, -0.1) is 11.6 Å². The van der Waals surface area contributed by atoms with E-state index in [1.165, 1.54) is 17.9 Å². The number of fused-ring (bicyclic) bond motifs is 1. The van der Waals surface area contributed by atoms with Crippen LogP contribution in [0.2, 0.25) is 0 Å². The molecule has 0 radical (unpaired) electrons. The summed E-state index contributed by atoms with van der Waals surface area (Å²) in [5, 5.41) is -0.0635. The minimum atomic E-state index is -0.0635. The summed E-state index contributed by atoms with van der Waals surface area (Å²) in [4.78, 5) is 8.75. The lowest BCUT2D eigenvalue weighted by Crippen LogP contribution is -2.13. The Kier molecular flexibility index (Phi) is 3.48. The number of alkyl halides is 1. The highest BCUT2D eigenvalue weighted by atomic mass is 35.5. The number of hydrogen-bond acceptors (Lipinski definition) is 3. The molecule has 1 saturated heterocycles. The van der Waals surface area contributed by atoms with Gasteiger partial charge in [0, 0.05) is 12.7 Å². The molecule has 0 spiro atoms. The van der Waals surface area contributed by atoms with Crippen LogP contribution in [-0.4, -0.2) is 26.0 Å². The van der Waals surface area contributed by atoms with Gasteiger partial charge in [-0.2, -0.15) is 11.8 Å².